The van der Waals surface area contributed by atoms with Crippen molar-refractivity contribution in [3.05, 3.63) is 89.9 Å². The van der Waals surface area contributed by atoms with Crippen LogP contribution in [-0.4, -0.2) is 37.1 Å². The van der Waals surface area contributed by atoms with Crippen LogP contribution in [0.4, 0.5) is 0 Å². The van der Waals surface area contributed by atoms with Crippen LogP contribution in [0.15, 0.2) is 77.5 Å². The smallest absolute Gasteiger partial charge is 0.335 e. The number of aromatic nitrogens is 3. The van der Waals surface area contributed by atoms with Gasteiger partial charge in [0.1, 0.15) is 11.5 Å². The Hall–Kier alpha value is -4.63. The number of carbonyl (C=O) groups is 2. The van der Waals surface area contributed by atoms with Gasteiger partial charge in [0.25, 0.3) is 0 Å². The van der Waals surface area contributed by atoms with Gasteiger partial charge in [-0.15, -0.1) is 11.3 Å². The van der Waals surface area contributed by atoms with Crippen molar-refractivity contribution in [2.75, 3.05) is 0 Å². The number of hydrogen-bond acceptors (Lipinski definition) is 7. The Morgan fingerprint density at radius 3 is 2.03 bits per heavy atom. The Kier molecular flexibility index (Phi) is 5.68. The van der Waals surface area contributed by atoms with Crippen molar-refractivity contribution in [3.63, 3.8) is 0 Å². The predicted octanol–water partition coefficient (Wildman–Crippen LogP) is 5.90. The van der Waals surface area contributed by atoms with E-state index in [1.165, 1.54) is 30.5 Å². The first-order chi connectivity index (χ1) is 16.9. The number of rotatable bonds is 6. The molecule has 0 fully saturated rings. The Morgan fingerprint density at radius 2 is 1.37 bits per heavy atom. The molecular formula is C26H17N3O5S. The van der Waals surface area contributed by atoms with Crippen LogP contribution in [0.3, 0.4) is 0 Å². The molecule has 9 heteroatoms. The summed E-state index contributed by atoms with van der Waals surface area (Å²) in [5.74, 6) is -0.621. The SMILES string of the molecule is Cc1ccc(-c2ccc(-c3ccnc(-c4cc(C(=O)O)cc(-c5cc(C(=O)O)ccn5)n4)c3)s2)o1. The third kappa shape index (κ3) is 4.57. The first kappa shape index (κ1) is 22.2. The highest BCUT2D eigenvalue weighted by molar-refractivity contribution is 7.18. The Morgan fingerprint density at radius 1 is 0.743 bits per heavy atom. The van der Waals surface area contributed by atoms with E-state index in [9.17, 15) is 19.8 Å². The molecule has 0 unspecified atom stereocenters. The van der Waals surface area contributed by atoms with Gasteiger partial charge in [0.15, 0.2) is 0 Å². The van der Waals surface area contributed by atoms with Gasteiger partial charge in [-0.2, -0.15) is 0 Å². The van der Waals surface area contributed by atoms with Gasteiger partial charge in [0, 0.05) is 17.3 Å². The largest absolute Gasteiger partial charge is 0.478 e. The molecule has 0 aliphatic carbocycles. The lowest BCUT2D eigenvalue weighted by Crippen LogP contribution is -2.02. The van der Waals surface area contributed by atoms with Crippen LogP contribution in [0.1, 0.15) is 26.5 Å². The van der Waals surface area contributed by atoms with Gasteiger partial charge < -0.3 is 14.6 Å². The molecule has 35 heavy (non-hydrogen) atoms. The Bertz CT molecular complexity index is 1590. The fourth-order valence-electron chi connectivity index (χ4n) is 3.54. The maximum atomic E-state index is 11.8. The van der Waals surface area contributed by atoms with Crippen LogP contribution < -0.4 is 0 Å². The summed E-state index contributed by atoms with van der Waals surface area (Å²) < 4.78 is 5.72. The molecule has 0 saturated carbocycles. The van der Waals surface area contributed by atoms with E-state index in [1.807, 2.05) is 43.3 Å². The van der Waals surface area contributed by atoms with Crippen molar-refractivity contribution in [2.24, 2.45) is 0 Å². The maximum Gasteiger partial charge on any atom is 0.335 e. The summed E-state index contributed by atoms with van der Waals surface area (Å²) in [5, 5.41) is 18.9. The van der Waals surface area contributed by atoms with Gasteiger partial charge in [-0.25, -0.2) is 14.6 Å². The van der Waals surface area contributed by atoms with Crippen molar-refractivity contribution in [1.82, 2.24) is 15.0 Å². The van der Waals surface area contributed by atoms with Crippen molar-refractivity contribution in [3.8, 4) is 43.9 Å². The zero-order valence-corrected chi connectivity index (χ0v) is 19.1. The molecule has 5 rings (SSSR count). The average Bonchev–Trinajstić information content (AvgIpc) is 3.53. The number of nitrogens with zero attached hydrogens (tertiary/aromatic N) is 3. The van der Waals surface area contributed by atoms with Crippen molar-refractivity contribution in [1.29, 1.82) is 0 Å². The van der Waals surface area contributed by atoms with E-state index >= 15 is 0 Å². The van der Waals surface area contributed by atoms with Gasteiger partial charge in [0.05, 0.1) is 38.8 Å². The molecule has 0 spiro atoms. The minimum atomic E-state index is -1.14. The van der Waals surface area contributed by atoms with Crippen LogP contribution in [0.5, 0.6) is 0 Å². The van der Waals surface area contributed by atoms with Gasteiger partial charge >= 0.3 is 11.9 Å². The normalized spacial score (nSPS) is 10.9. The molecule has 0 aromatic carbocycles. The highest BCUT2D eigenvalue weighted by Crippen LogP contribution is 2.36. The number of aromatic carboxylic acids is 2. The summed E-state index contributed by atoms with van der Waals surface area (Å²) >= 11 is 1.57. The molecule has 0 amide bonds. The number of carboxylic acid groups (broad SMARTS) is 2. The van der Waals surface area contributed by atoms with E-state index in [-0.39, 0.29) is 22.5 Å². The summed E-state index contributed by atoms with van der Waals surface area (Å²) in [4.78, 5) is 38.3. The molecule has 0 bridgehead atoms. The summed E-state index contributed by atoms with van der Waals surface area (Å²) in [6, 6.07) is 17.0. The molecule has 0 radical (unpaired) electrons. The number of carboxylic acids is 2. The van der Waals surface area contributed by atoms with Crippen LogP contribution in [-0.2, 0) is 0 Å². The Balaban J connectivity index is 1.56. The predicted molar refractivity (Wildman–Crippen MR) is 130 cm³/mol. The average molecular weight is 484 g/mol. The fourth-order valence-corrected chi connectivity index (χ4v) is 4.50. The minimum Gasteiger partial charge on any atom is -0.478 e. The number of aryl methyl sites for hydroxylation is 1. The molecule has 0 aliphatic rings. The molecule has 5 heterocycles. The van der Waals surface area contributed by atoms with Crippen molar-refractivity contribution < 1.29 is 24.2 Å². The second-order valence-corrected chi connectivity index (χ2v) is 8.75. The first-order valence-electron chi connectivity index (χ1n) is 10.5. The third-order valence-electron chi connectivity index (χ3n) is 5.24. The summed E-state index contributed by atoms with van der Waals surface area (Å²) in [7, 11) is 0. The van der Waals surface area contributed by atoms with Crippen LogP contribution in [0.2, 0.25) is 0 Å². The molecular weight excluding hydrogens is 466 g/mol. The van der Waals surface area contributed by atoms with Gasteiger partial charge in [-0.1, -0.05) is 0 Å². The van der Waals surface area contributed by atoms with E-state index < -0.39 is 11.9 Å². The number of hydrogen-bond donors (Lipinski definition) is 2. The first-order valence-corrected chi connectivity index (χ1v) is 11.3. The second-order valence-electron chi connectivity index (χ2n) is 7.67. The van der Waals surface area contributed by atoms with Gasteiger partial charge in [0.2, 0.25) is 0 Å². The summed E-state index contributed by atoms with van der Waals surface area (Å²) in [6.07, 6.45) is 2.99. The molecule has 172 valence electrons. The van der Waals surface area contributed by atoms with E-state index in [2.05, 4.69) is 15.0 Å². The number of furan rings is 1. The zero-order valence-electron chi connectivity index (χ0n) is 18.3. The van der Waals surface area contributed by atoms with Crippen molar-refractivity contribution >= 4 is 23.3 Å². The lowest BCUT2D eigenvalue weighted by atomic mass is 10.1. The summed E-state index contributed by atoms with van der Waals surface area (Å²) in [5.41, 5.74) is 2.21. The number of thiophene rings is 1. The van der Waals surface area contributed by atoms with Crippen LogP contribution in [0, 0.1) is 6.92 Å². The van der Waals surface area contributed by atoms with Crippen LogP contribution in [0.25, 0.3) is 43.9 Å². The molecule has 5 aromatic rings. The molecule has 5 aromatic heterocycles. The molecule has 2 N–H and O–H groups in total. The van der Waals surface area contributed by atoms with Crippen LogP contribution >= 0.6 is 11.3 Å². The molecule has 0 aliphatic heterocycles. The summed E-state index contributed by atoms with van der Waals surface area (Å²) in [6.45, 7) is 1.90. The van der Waals surface area contributed by atoms with Gasteiger partial charge in [-0.3, -0.25) is 9.97 Å². The highest BCUT2D eigenvalue weighted by atomic mass is 32.1. The third-order valence-corrected chi connectivity index (χ3v) is 6.39. The molecule has 0 saturated heterocycles. The maximum absolute atomic E-state index is 11.8. The quantitative estimate of drug-likeness (QED) is 0.306. The lowest BCUT2D eigenvalue weighted by Gasteiger charge is -2.08. The second kappa shape index (κ2) is 8.96. The van der Waals surface area contributed by atoms with E-state index in [4.69, 9.17) is 4.42 Å². The standard InChI is InChI=1S/C26H17N3O5S/c1-14-2-3-22(34-14)24-5-4-23(35-24)15-6-8-27-18(10-15)20-12-17(26(32)33)13-21(29-20)19-11-16(25(30)31)7-9-28-19/h2-13H,1H3,(H,30,31)(H,32,33). The Labute approximate surface area is 203 Å². The van der Waals surface area contributed by atoms with E-state index in [1.54, 1.807) is 17.5 Å². The fraction of sp³-hybridized carbons (Fsp3) is 0.0385. The number of pyridine rings is 3. The molecule has 8 nitrogen and oxygen atoms in total. The van der Waals surface area contributed by atoms with E-state index in [0.29, 0.717) is 11.4 Å². The minimum absolute atomic E-state index is 0.00803. The van der Waals surface area contributed by atoms with Crippen molar-refractivity contribution in [2.45, 2.75) is 6.92 Å². The monoisotopic (exact) mass is 483 g/mol. The lowest BCUT2D eigenvalue weighted by molar-refractivity contribution is 0.0686. The molecule has 0 atom stereocenters. The highest BCUT2D eigenvalue weighted by Gasteiger charge is 2.15. The van der Waals surface area contributed by atoms with E-state index in [0.717, 1.165) is 26.8 Å². The van der Waals surface area contributed by atoms with Gasteiger partial charge in [-0.05, 0) is 73.2 Å². The zero-order chi connectivity index (χ0) is 24.5. The topological polar surface area (TPSA) is 126 Å².